The van der Waals surface area contributed by atoms with Crippen LogP contribution in [0.3, 0.4) is 0 Å². The van der Waals surface area contributed by atoms with Crippen molar-refractivity contribution in [2.75, 3.05) is 0 Å². The number of H-pyrrole nitrogens is 1. The minimum atomic E-state index is -0.209. The molecule has 2 aromatic heterocycles. The lowest BCUT2D eigenvalue weighted by molar-refractivity contribution is 0.0935. The number of rotatable bonds is 3. The molecule has 0 aliphatic rings. The third-order valence-corrected chi connectivity index (χ3v) is 4.29. The number of nitrogens with one attached hydrogen (secondary N) is 2. The van der Waals surface area contributed by atoms with Crippen molar-refractivity contribution in [2.45, 2.75) is 13.0 Å². The van der Waals surface area contributed by atoms with Gasteiger partial charge in [0.1, 0.15) is 5.69 Å². The first-order chi connectivity index (χ1) is 10.6. The molecule has 2 heterocycles. The minimum absolute atomic E-state index is 0.147. The molecule has 1 amide bonds. The van der Waals surface area contributed by atoms with Gasteiger partial charge in [-0.15, -0.1) is 0 Å². The highest BCUT2D eigenvalue weighted by atomic mass is 35.5. The van der Waals surface area contributed by atoms with Crippen LogP contribution in [0.2, 0.25) is 10.0 Å². The zero-order valence-corrected chi connectivity index (χ0v) is 13.2. The molecular formula is C16H13Cl2N3O. The summed E-state index contributed by atoms with van der Waals surface area (Å²) < 4.78 is 0. The van der Waals surface area contributed by atoms with Gasteiger partial charge in [-0.25, -0.2) is 0 Å². The molecule has 22 heavy (non-hydrogen) atoms. The van der Waals surface area contributed by atoms with Gasteiger partial charge in [0.2, 0.25) is 0 Å². The van der Waals surface area contributed by atoms with Gasteiger partial charge in [-0.1, -0.05) is 29.3 Å². The van der Waals surface area contributed by atoms with E-state index in [1.165, 1.54) is 0 Å². The van der Waals surface area contributed by atoms with Crippen molar-refractivity contribution >= 4 is 40.0 Å². The Morgan fingerprint density at radius 1 is 1.32 bits per heavy atom. The van der Waals surface area contributed by atoms with Gasteiger partial charge in [-0.2, -0.15) is 0 Å². The predicted molar refractivity (Wildman–Crippen MR) is 88.4 cm³/mol. The van der Waals surface area contributed by atoms with E-state index in [2.05, 4.69) is 15.3 Å². The normalized spacial score (nSPS) is 12.3. The molecule has 1 aromatic carbocycles. The number of carbonyl (C=O) groups is 1. The molecule has 0 saturated carbocycles. The number of hydrogen-bond donors (Lipinski definition) is 2. The number of amides is 1. The highest BCUT2D eigenvalue weighted by molar-refractivity contribution is 6.45. The maximum Gasteiger partial charge on any atom is 0.268 e. The van der Waals surface area contributed by atoms with Gasteiger partial charge in [0.25, 0.3) is 5.91 Å². The van der Waals surface area contributed by atoms with Crippen molar-refractivity contribution in [1.29, 1.82) is 0 Å². The van der Waals surface area contributed by atoms with Gasteiger partial charge in [0, 0.05) is 23.3 Å². The second-order valence-corrected chi connectivity index (χ2v) is 5.77. The van der Waals surface area contributed by atoms with E-state index in [1.807, 2.05) is 19.1 Å². The zero-order chi connectivity index (χ0) is 15.7. The molecule has 0 fully saturated rings. The molecule has 0 radical (unpaired) electrons. The summed E-state index contributed by atoms with van der Waals surface area (Å²) in [6.45, 7) is 1.90. The predicted octanol–water partition coefficient (Wildman–Crippen LogP) is 4.36. The standard InChI is InChI=1S/C16H13Cl2N3O/c1-9(10-3-2-6-19-8-10)20-16(22)14-7-11-13(21-14)5-4-12(17)15(11)18/h2-9,21H,1H3,(H,20,22). The Morgan fingerprint density at radius 2 is 2.14 bits per heavy atom. The summed E-state index contributed by atoms with van der Waals surface area (Å²) in [4.78, 5) is 19.5. The summed E-state index contributed by atoms with van der Waals surface area (Å²) in [6.07, 6.45) is 3.42. The number of pyridine rings is 1. The van der Waals surface area contributed by atoms with Crippen molar-refractivity contribution in [3.8, 4) is 0 Å². The van der Waals surface area contributed by atoms with Gasteiger partial charge in [-0.3, -0.25) is 9.78 Å². The van der Waals surface area contributed by atoms with Crippen LogP contribution in [0.15, 0.2) is 42.7 Å². The largest absolute Gasteiger partial charge is 0.350 e. The fourth-order valence-electron chi connectivity index (χ4n) is 2.25. The monoisotopic (exact) mass is 333 g/mol. The molecule has 4 nitrogen and oxygen atoms in total. The van der Waals surface area contributed by atoms with Crippen LogP contribution in [0.4, 0.5) is 0 Å². The molecule has 0 aliphatic carbocycles. The highest BCUT2D eigenvalue weighted by Crippen LogP contribution is 2.31. The van der Waals surface area contributed by atoms with Crippen molar-refractivity contribution in [3.63, 3.8) is 0 Å². The molecule has 0 bridgehead atoms. The molecule has 3 rings (SSSR count). The Hall–Kier alpha value is -2.04. The van der Waals surface area contributed by atoms with Crippen LogP contribution in [0.25, 0.3) is 10.9 Å². The molecule has 1 atom stereocenters. The quantitative estimate of drug-likeness (QED) is 0.748. The lowest BCUT2D eigenvalue weighted by Crippen LogP contribution is -2.26. The van der Waals surface area contributed by atoms with Gasteiger partial charge < -0.3 is 10.3 Å². The van der Waals surface area contributed by atoms with Crippen LogP contribution in [-0.2, 0) is 0 Å². The van der Waals surface area contributed by atoms with Crippen molar-refractivity contribution in [1.82, 2.24) is 15.3 Å². The van der Waals surface area contributed by atoms with Crippen molar-refractivity contribution < 1.29 is 4.79 Å². The maximum atomic E-state index is 12.4. The summed E-state index contributed by atoms with van der Waals surface area (Å²) in [5.74, 6) is -0.209. The van der Waals surface area contributed by atoms with E-state index in [9.17, 15) is 4.79 Å². The topological polar surface area (TPSA) is 57.8 Å². The molecule has 0 aliphatic heterocycles. The minimum Gasteiger partial charge on any atom is -0.350 e. The van der Waals surface area contributed by atoms with Gasteiger partial charge in [0.15, 0.2) is 0 Å². The van der Waals surface area contributed by atoms with E-state index in [0.717, 1.165) is 16.5 Å². The summed E-state index contributed by atoms with van der Waals surface area (Å²) >= 11 is 12.1. The molecule has 112 valence electrons. The van der Waals surface area contributed by atoms with E-state index < -0.39 is 0 Å². The number of halogens is 2. The third-order valence-electron chi connectivity index (χ3n) is 3.47. The first-order valence-electron chi connectivity index (χ1n) is 6.74. The number of fused-ring (bicyclic) bond motifs is 1. The van der Waals surface area contributed by atoms with Crippen LogP contribution in [0.1, 0.15) is 29.0 Å². The number of aromatic amines is 1. The SMILES string of the molecule is CC(NC(=O)c1cc2c(Cl)c(Cl)ccc2[nH]1)c1cccnc1. The Labute approximate surface area is 137 Å². The zero-order valence-electron chi connectivity index (χ0n) is 11.7. The van der Waals surface area contributed by atoms with Crippen molar-refractivity contribution in [3.05, 3.63) is 64.0 Å². The van der Waals surface area contributed by atoms with Crippen LogP contribution in [0.5, 0.6) is 0 Å². The fourth-order valence-corrected chi connectivity index (χ4v) is 2.64. The Bertz CT molecular complexity index is 830. The van der Waals surface area contributed by atoms with E-state index in [-0.39, 0.29) is 11.9 Å². The number of aromatic nitrogens is 2. The molecule has 6 heteroatoms. The van der Waals surface area contributed by atoms with Gasteiger partial charge >= 0.3 is 0 Å². The van der Waals surface area contributed by atoms with Crippen molar-refractivity contribution in [2.24, 2.45) is 0 Å². The van der Waals surface area contributed by atoms with Gasteiger partial charge in [0.05, 0.1) is 16.1 Å². The van der Waals surface area contributed by atoms with E-state index >= 15 is 0 Å². The first kappa shape index (κ1) is 14.9. The number of nitrogens with zero attached hydrogens (tertiary/aromatic N) is 1. The Morgan fingerprint density at radius 3 is 2.86 bits per heavy atom. The van der Waals surface area contributed by atoms with E-state index in [0.29, 0.717) is 15.7 Å². The van der Waals surface area contributed by atoms with E-state index in [4.69, 9.17) is 23.2 Å². The van der Waals surface area contributed by atoms with Crippen LogP contribution >= 0.6 is 23.2 Å². The average Bonchev–Trinajstić information content (AvgIpc) is 2.97. The molecule has 1 unspecified atom stereocenters. The molecule has 0 spiro atoms. The molecule has 3 aromatic rings. The Balaban J connectivity index is 1.85. The lowest BCUT2D eigenvalue weighted by Gasteiger charge is -2.12. The fraction of sp³-hybridized carbons (Fsp3) is 0.125. The smallest absolute Gasteiger partial charge is 0.268 e. The average molecular weight is 334 g/mol. The second kappa shape index (κ2) is 5.99. The third kappa shape index (κ3) is 2.80. The van der Waals surface area contributed by atoms with Crippen LogP contribution < -0.4 is 5.32 Å². The first-order valence-corrected chi connectivity index (χ1v) is 7.49. The van der Waals surface area contributed by atoms with Gasteiger partial charge in [-0.05, 0) is 36.8 Å². The summed E-state index contributed by atoms with van der Waals surface area (Å²) in [5, 5.41) is 4.55. The summed E-state index contributed by atoms with van der Waals surface area (Å²) in [6, 6.07) is 8.80. The highest BCUT2D eigenvalue weighted by Gasteiger charge is 2.15. The second-order valence-electron chi connectivity index (χ2n) is 4.99. The van der Waals surface area contributed by atoms with E-state index in [1.54, 1.807) is 30.6 Å². The summed E-state index contributed by atoms with van der Waals surface area (Å²) in [7, 11) is 0. The summed E-state index contributed by atoms with van der Waals surface area (Å²) in [5.41, 5.74) is 2.15. The maximum absolute atomic E-state index is 12.4. The van der Waals surface area contributed by atoms with Crippen LogP contribution in [0, 0.1) is 0 Å². The van der Waals surface area contributed by atoms with Crippen LogP contribution in [-0.4, -0.2) is 15.9 Å². The molecule has 2 N–H and O–H groups in total. The molecular weight excluding hydrogens is 321 g/mol. The lowest BCUT2D eigenvalue weighted by atomic mass is 10.1. The number of hydrogen-bond acceptors (Lipinski definition) is 2. The molecule has 0 saturated heterocycles. The number of carbonyl (C=O) groups excluding carboxylic acids is 1. The number of benzene rings is 1. The Kier molecular flexibility index (Phi) is 4.05.